The Morgan fingerprint density at radius 2 is 2.04 bits per heavy atom. The van der Waals surface area contributed by atoms with Gasteiger partial charge in [-0.15, -0.1) is 11.3 Å². The summed E-state index contributed by atoms with van der Waals surface area (Å²) >= 11 is 1.39. The predicted molar refractivity (Wildman–Crippen MR) is 98.4 cm³/mol. The summed E-state index contributed by atoms with van der Waals surface area (Å²) in [5.74, 6) is -0.0424. The van der Waals surface area contributed by atoms with Crippen molar-refractivity contribution >= 4 is 33.4 Å². The van der Waals surface area contributed by atoms with Crippen molar-refractivity contribution in [3.8, 4) is 11.4 Å². The highest BCUT2D eigenvalue weighted by Crippen LogP contribution is 2.28. The van der Waals surface area contributed by atoms with E-state index in [4.69, 9.17) is 0 Å². The number of hydrogen-bond acceptors (Lipinski definition) is 5. The van der Waals surface area contributed by atoms with Crippen LogP contribution in [0.3, 0.4) is 0 Å². The van der Waals surface area contributed by atoms with Crippen molar-refractivity contribution in [3.63, 3.8) is 0 Å². The summed E-state index contributed by atoms with van der Waals surface area (Å²) in [6.07, 6.45) is 4.46. The van der Waals surface area contributed by atoms with Gasteiger partial charge in [0.1, 0.15) is 23.4 Å². The second kappa shape index (κ2) is 6.82. The summed E-state index contributed by atoms with van der Waals surface area (Å²) in [6.45, 7) is 0. The fourth-order valence-corrected chi connectivity index (χ4v) is 3.31. The zero-order chi connectivity index (χ0) is 17.1. The number of aryl methyl sites for hydroxylation is 1. The minimum Gasteiger partial charge on any atom is -0.346 e. The molecule has 0 atom stereocenters. The Kier molecular flexibility index (Phi) is 4.22. The molecule has 1 aromatic carbocycles. The van der Waals surface area contributed by atoms with E-state index in [1.54, 1.807) is 0 Å². The van der Waals surface area contributed by atoms with Gasteiger partial charge < -0.3 is 10.3 Å². The number of carbonyl (C=O) groups is 1. The van der Waals surface area contributed by atoms with Crippen LogP contribution in [-0.2, 0) is 11.2 Å². The minimum atomic E-state index is -0.0424. The summed E-state index contributed by atoms with van der Waals surface area (Å²) in [4.78, 5) is 28.2. The lowest BCUT2D eigenvalue weighted by atomic mass is 10.1. The molecule has 0 aliphatic heterocycles. The van der Waals surface area contributed by atoms with Gasteiger partial charge in [-0.05, 0) is 18.1 Å². The Hall–Kier alpha value is -3.06. The van der Waals surface area contributed by atoms with Gasteiger partial charge in [0.25, 0.3) is 0 Å². The summed E-state index contributed by atoms with van der Waals surface area (Å²) in [5.41, 5.74) is 3.41. The number of amides is 1. The first-order valence-electron chi connectivity index (χ1n) is 7.87. The fraction of sp³-hybridized carbons (Fsp3) is 0.111. The third kappa shape index (κ3) is 3.41. The number of aromatic amines is 1. The van der Waals surface area contributed by atoms with Crippen LogP contribution in [0.2, 0.25) is 0 Å². The Labute approximate surface area is 148 Å². The van der Waals surface area contributed by atoms with E-state index in [0.29, 0.717) is 18.0 Å². The Morgan fingerprint density at radius 3 is 2.92 bits per heavy atom. The van der Waals surface area contributed by atoms with Gasteiger partial charge in [-0.25, -0.2) is 15.0 Å². The maximum atomic E-state index is 12.1. The molecule has 3 heterocycles. The van der Waals surface area contributed by atoms with Gasteiger partial charge >= 0.3 is 0 Å². The lowest BCUT2D eigenvalue weighted by Crippen LogP contribution is -2.12. The average Bonchev–Trinajstić information content (AvgIpc) is 3.30. The quantitative estimate of drug-likeness (QED) is 0.576. The molecule has 4 aromatic rings. The van der Waals surface area contributed by atoms with Crippen molar-refractivity contribution in [2.24, 2.45) is 0 Å². The number of carbonyl (C=O) groups excluding carboxylic acids is 1. The second-order valence-electron chi connectivity index (χ2n) is 5.53. The van der Waals surface area contributed by atoms with Gasteiger partial charge in [-0.2, -0.15) is 0 Å². The summed E-state index contributed by atoms with van der Waals surface area (Å²) in [5, 5.41) is 6.24. The maximum absolute atomic E-state index is 12.1. The number of rotatable bonds is 5. The van der Waals surface area contributed by atoms with Crippen molar-refractivity contribution in [1.29, 1.82) is 0 Å². The van der Waals surface area contributed by atoms with E-state index < -0.39 is 0 Å². The van der Waals surface area contributed by atoms with Crippen molar-refractivity contribution < 1.29 is 4.79 Å². The largest absolute Gasteiger partial charge is 0.346 e. The fourth-order valence-electron chi connectivity index (χ4n) is 2.60. The molecule has 25 heavy (non-hydrogen) atoms. The van der Waals surface area contributed by atoms with E-state index in [1.807, 2.05) is 48.0 Å². The van der Waals surface area contributed by atoms with Gasteiger partial charge in [0.2, 0.25) is 5.91 Å². The number of hydrogen-bond donors (Lipinski definition) is 2. The molecule has 0 saturated heterocycles. The first kappa shape index (κ1) is 15.5. The first-order valence-corrected chi connectivity index (χ1v) is 8.75. The molecule has 0 aliphatic carbocycles. The van der Waals surface area contributed by atoms with Crippen LogP contribution in [0, 0.1) is 0 Å². The zero-order valence-corrected chi connectivity index (χ0v) is 14.1. The Morgan fingerprint density at radius 1 is 1.16 bits per heavy atom. The van der Waals surface area contributed by atoms with Crippen LogP contribution in [-0.4, -0.2) is 25.8 Å². The molecule has 6 nitrogen and oxygen atoms in total. The zero-order valence-electron chi connectivity index (χ0n) is 13.3. The molecule has 0 saturated carbocycles. The van der Waals surface area contributed by atoms with E-state index in [0.717, 1.165) is 28.0 Å². The number of H-pyrrole nitrogens is 1. The standard InChI is InChI=1S/C18H15N5OS/c24-15(7-6-12-4-2-1-3-5-12)23-18-22-14(10-25-18)16-13-8-9-19-17(13)21-11-20-16/h1-5,8-11H,6-7H2,(H,19,20,21)(H,22,23,24). The van der Waals surface area contributed by atoms with Gasteiger partial charge in [-0.1, -0.05) is 30.3 Å². The summed E-state index contributed by atoms with van der Waals surface area (Å²) in [7, 11) is 0. The van der Waals surface area contributed by atoms with Gasteiger partial charge in [0, 0.05) is 23.4 Å². The van der Waals surface area contributed by atoms with Crippen LogP contribution in [0.25, 0.3) is 22.4 Å². The molecule has 3 aromatic heterocycles. The van der Waals surface area contributed by atoms with Crippen molar-refractivity contribution in [1.82, 2.24) is 19.9 Å². The number of benzene rings is 1. The van der Waals surface area contributed by atoms with Gasteiger partial charge in [0.15, 0.2) is 5.13 Å². The SMILES string of the molecule is O=C(CCc1ccccc1)Nc1nc(-c2ncnc3[nH]ccc23)cs1. The Bertz CT molecular complexity index is 1010. The van der Waals surface area contributed by atoms with Crippen molar-refractivity contribution in [2.75, 3.05) is 5.32 Å². The van der Waals surface area contributed by atoms with E-state index >= 15 is 0 Å². The molecule has 124 valence electrons. The number of nitrogens with one attached hydrogen (secondary N) is 2. The highest BCUT2D eigenvalue weighted by atomic mass is 32.1. The Balaban J connectivity index is 1.44. The summed E-state index contributed by atoms with van der Waals surface area (Å²) in [6, 6.07) is 11.9. The number of nitrogens with zero attached hydrogens (tertiary/aromatic N) is 3. The van der Waals surface area contributed by atoms with E-state index in [9.17, 15) is 4.79 Å². The maximum Gasteiger partial charge on any atom is 0.226 e. The van der Waals surface area contributed by atoms with Gasteiger partial charge in [0.05, 0.1) is 0 Å². The molecule has 0 bridgehead atoms. The highest BCUT2D eigenvalue weighted by molar-refractivity contribution is 7.14. The molecule has 0 radical (unpaired) electrons. The third-order valence-corrected chi connectivity index (χ3v) is 4.59. The van der Waals surface area contributed by atoms with E-state index in [1.165, 1.54) is 17.7 Å². The normalized spacial score (nSPS) is 10.9. The van der Waals surface area contributed by atoms with Crippen LogP contribution >= 0.6 is 11.3 Å². The van der Waals surface area contributed by atoms with Crippen LogP contribution < -0.4 is 5.32 Å². The minimum absolute atomic E-state index is 0.0424. The number of aromatic nitrogens is 4. The van der Waals surface area contributed by atoms with Crippen molar-refractivity contribution in [2.45, 2.75) is 12.8 Å². The molecular formula is C18H15N5OS. The first-order chi connectivity index (χ1) is 12.3. The molecule has 4 rings (SSSR count). The smallest absolute Gasteiger partial charge is 0.226 e. The summed E-state index contributed by atoms with van der Waals surface area (Å²) < 4.78 is 0. The van der Waals surface area contributed by atoms with Crippen LogP contribution in [0.4, 0.5) is 5.13 Å². The van der Waals surface area contributed by atoms with E-state index in [2.05, 4.69) is 25.3 Å². The van der Waals surface area contributed by atoms with Crippen LogP contribution in [0.1, 0.15) is 12.0 Å². The third-order valence-electron chi connectivity index (χ3n) is 3.83. The molecule has 0 fully saturated rings. The number of fused-ring (bicyclic) bond motifs is 1. The molecular weight excluding hydrogens is 334 g/mol. The van der Waals surface area contributed by atoms with E-state index in [-0.39, 0.29) is 5.91 Å². The lowest BCUT2D eigenvalue weighted by molar-refractivity contribution is -0.116. The van der Waals surface area contributed by atoms with Crippen LogP contribution in [0.5, 0.6) is 0 Å². The highest BCUT2D eigenvalue weighted by Gasteiger charge is 2.12. The molecule has 7 heteroatoms. The number of thiazole rings is 1. The molecule has 0 unspecified atom stereocenters. The number of anilines is 1. The van der Waals surface area contributed by atoms with Crippen molar-refractivity contribution in [3.05, 3.63) is 59.9 Å². The topological polar surface area (TPSA) is 83.6 Å². The van der Waals surface area contributed by atoms with Crippen LogP contribution in [0.15, 0.2) is 54.3 Å². The predicted octanol–water partition coefficient (Wildman–Crippen LogP) is 3.65. The second-order valence-corrected chi connectivity index (χ2v) is 6.39. The molecule has 1 amide bonds. The van der Waals surface area contributed by atoms with Gasteiger partial charge in [-0.3, -0.25) is 4.79 Å². The molecule has 2 N–H and O–H groups in total. The monoisotopic (exact) mass is 349 g/mol. The molecule has 0 spiro atoms. The average molecular weight is 349 g/mol. The molecule has 0 aliphatic rings. The lowest BCUT2D eigenvalue weighted by Gasteiger charge is -2.02.